The lowest BCUT2D eigenvalue weighted by Crippen LogP contribution is -1.89. The molecule has 0 unspecified atom stereocenters. The Kier molecular flexibility index (Phi) is 6.43. The molecule has 0 spiro atoms. The van der Waals surface area contributed by atoms with E-state index < -0.39 is 0 Å². The van der Waals surface area contributed by atoms with Crippen molar-refractivity contribution in [2.45, 2.75) is 0 Å². The van der Waals surface area contributed by atoms with Gasteiger partial charge in [-0.05, 0) is 83.0 Å². The van der Waals surface area contributed by atoms with Crippen molar-refractivity contribution in [3.8, 4) is 34.4 Å². The van der Waals surface area contributed by atoms with Gasteiger partial charge in [0.05, 0.1) is 33.8 Å². The Morgan fingerprint density at radius 3 is 1.36 bits per heavy atom. The highest BCUT2D eigenvalue weighted by atomic mass is 14.8. The van der Waals surface area contributed by atoms with Crippen LogP contribution in [-0.2, 0) is 0 Å². The van der Waals surface area contributed by atoms with Gasteiger partial charge in [-0.1, -0.05) is 61.7 Å². The minimum absolute atomic E-state index is 0.427. The van der Waals surface area contributed by atoms with Crippen LogP contribution in [0.4, 0.5) is 0 Å². The van der Waals surface area contributed by atoms with Gasteiger partial charge in [-0.15, -0.1) is 0 Å². The second-order valence-electron chi connectivity index (χ2n) is 10.4. The Hall–Kier alpha value is -6.50. The molecule has 8 bridgehead atoms. The van der Waals surface area contributed by atoms with Crippen molar-refractivity contribution < 1.29 is 0 Å². The lowest BCUT2D eigenvalue weighted by molar-refractivity contribution is 1.29. The first-order valence-electron chi connectivity index (χ1n) is 14.0. The molecule has 2 aliphatic heterocycles. The number of aromatic amines is 2. The Balaban J connectivity index is 1.66. The second kappa shape index (κ2) is 10.7. The molecule has 0 fully saturated rings. The van der Waals surface area contributed by atoms with E-state index in [9.17, 15) is 10.5 Å². The van der Waals surface area contributed by atoms with Crippen molar-refractivity contribution in [3.63, 3.8) is 0 Å². The van der Waals surface area contributed by atoms with Gasteiger partial charge in [0, 0.05) is 22.2 Å². The summed E-state index contributed by atoms with van der Waals surface area (Å²) in [5, 5.41) is 20.7. The Morgan fingerprint density at radius 2 is 0.955 bits per heavy atom. The van der Waals surface area contributed by atoms with Crippen molar-refractivity contribution in [2.75, 3.05) is 0 Å². The van der Waals surface area contributed by atoms with Crippen molar-refractivity contribution in [1.29, 1.82) is 10.5 Å². The molecule has 206 valence electrons. The van der Waals surface area contributed by atoms with Crippen molar-refractivity contribution in [3.05, 3.63) is 131 Å². The standard InChI is InChI=1S/C38H24N6/c1-3-23-7-5-9-25(19-23)37-33-15-11-29(41-33)27(21-39)31-13-17-35(43-31)38(26-10-6-8-24(4-2)20-26)36-18-14-32(44-36)28(22-40)30-12-16-34(37)42-30/h3-20,41,44H,1-2H2. The summed E-state index contributed by atoms with van der Waals surface area (Å²) in [6.07, 6.45) is 11.2. The monoisotopic (exact) mass is 564 g/mol. The first kappa shape index (κ1) is 26.4. The van der Waals surface area contributed by atoms with Crippen LogP contribution < -0.4 is 0 Å². The van der Waals surface area contributed by atoms with E-state index in [0.717, 1.165) is 44.4 Å². The molecule has 0 radical (unpaired) electrons. The molecule has 2 aliphatic rings. The molecular weight excluding hydrogens is 540 g/mol. The van der Waals surface area contributed by atoms with E-state index in [1.807, 2.05) is 97.1 Å². The lowest BCUT2D eigenvalue weighted by Gasteiger charge is -2.06. The average Bonchev–Trinajstić information content (AvgIpc) is 3.89. The summed E-state index contributed by atoms with van der Waals surface area (Å²) in [6.45, 7) is 7.85. The van der Waals surface area contributed by atoms with Gasteiger partial charge < -0.3 is 9.97 Å². The zero-order valence-electron chi connectivity index (χ0n) is 23.6. The van der Waals surface area contributed by atoms with Gasteiger partial charge in [0.15, 0.2) is 0 Å². The maximum atomic E-state index is 10.3. The number of nitriles is 2. The largest absolute Gasteiger partial charge is 0.354 e. The third-order valence-corrected chi connectivity index (χ3v) is 7.80. The SMILES string of the molecule is C=Cc1cccc(-c2c3nc(c(C#N)c4ccc([nH]4)c(-c4cccc(C=C)c4)c4nc(c(C#N)c5ccc2[nH]5)C=C4)C=C3)c1. The minimum atomic E-state index is 0.427. The maximum Gasteiger partial charge on any atom is 0.104 e. The molecule has 2 N–H and O–H groups in total. The molecule has 2 aromatic carbocycles. The predicted molar refractivity (Wildman–Crippen MR) is 179 cm³/mol. The van der Waals surface area contributed by atoms with Crippen molar-refractivity contribution >= 4 is 58.5 Å². The van der Waals surface area contributed by atoms with Crippen LogP contribution in [0.3, 0.4) is 0 Å². The topological polar surface area (TPSA) is 105 Å². The number of aromatic nitrogens is 4. The quantitative estimate of drug-likeness (QED) is 0.222. The molecule has 0 aliphatic carbocycles. The number of rotatable bonds is 4. The van der Waals surface area contributed by atoms with Crippen LogP contribution in [0.2, 0.25) is 0 Å². The van der Waals surface area contributed by atoms with E-state index >= 15 is 0 Å². The number of nitrogens with zero attached hydrogens (tertiary/aromatic N) is 4. The van der Waals surface area contributed by atoms with E-state index in [4.69, 9.17) is 9.97 Å². The van der Waals surface area contributed by atoms with Crippen LogP contribution in [0, 0.1) is 22.7 Å². The summed E-state index contributed by atoms with van der Waals surface area (Å²) in [5.41, 5.74) is 11.7. The van der Waals surface area contributed by atoms with Crippen LogP contribution in [0.1, 0.15) is 45.0 Å². The highest BCUT2D eigenvalue weighted by Crippen LogP contribution is 2.34. The van der Waals surface area contributed by atoms with E-state index in [-0.39, 0.29) is 0 Å². The van der Waals surface area contributed by atoms with Crippen molar-refractivity contribution in [1.82, 2.24) is 19.9 Å². The molecule has 0 amide bonds. The molecule has 5 heterocycles. The third-order valence-electron chi connectivity index (χ3n) is 7.80. The molecule has 5 aromatic rings. The maximum absolute atomic E-state index is 10.3. The highest BCUT2D eigenvalue weighted by Gasteiger charge is 2.17. The number of nitrogens with one attached hydrogen (secondary N) is 2. The van der Waals surface area contributed by atoms with Gasteiger partial charge in [-0.25, -0.2) is 9.97 Å². The number of H-pyrrole nitrogens is 2. The summed E-state index contributed by atoms with van der Waals surface area (Å²) in [5.74, 6) is 0. The fraction of sp³-hybridized carbons (Fsp3) is 0. The summed E-state index contributed by atoms with van der Waals surface area (Å²) in [7, 11) is 0. The average molecular weight is 565 g/mol. The first-order chi connectivity index (χ1) is 21.6. The highest BCUT2D eigenvalue weighted by molar-refractivity contribution is 5.95. The normalized spacial score (nSPS) is 11.6. The molecule has 0 atom stereocenters. The van der Waals surface area contributed by atoms with E-state index in [1.54, 1.807) is 12.2 Å². The van der Waals surface area contributed by atoms with Gasteiger partial charge in [-0.3, -0.25) is 0 Å². The molecule has 6 nitrogen and oxygen atoms in total. The number of fused-ring (bicyclic) bond motifs is 8. The van der Waals surface area contributed by atoms with Crippen molar-refractivity contribution in [2.24, 2.45) is 0 Å². The van der Waals surface area contributed by atoms with Crippen LogP contribution in [0.25, 0.3) is 80.8 Å². The smallest absolute Gasteiger partial charge is 0.104 e. The number of hydrogen-bond donors (Lipinski definition) is 2. The van der Waals surface area contributed by atoms with Gasteiger partial charge in [0.1, 0.15) is 23.3 Å². The van der Waals surface area contributed by atoms with Gasteiger partial charge in [0.2, 0.25) is 0 Å². The molecule has 0 saturated carbocycles. The molecule has 7 rings (SSSR count). The number of benzene rings is 2. The lowest BCUT2D eigenvalue weighted by atomic mass is 10.0. The Bertz CT molecular complexity index is 2180. The summed E-state index contributed by atoms with van der Waals surface area (Å²) < 4.78 is 0. The Labute approximate surface area is 254 Å². The van der Waals surface area contributed by atoms with Crippen LogP contribution in [0.5, 0.6) is 0 Å². The zero-order valence-corrected chi connectivity index (χ0v) is 23.6. The minimum Gasteiger partial charge on any atom is -0.354 e. The second-order valence-corrected chi connectivity index (χ2v) is 10.4. The van der Waals surface area contributed by atoms with Gasteiger partial charge in [0.25, 0.3) is 0 Å². The fourth-order valence-corrected chi connectivity index (χ4v) is 5.69. The molecule has 0 saturated heterocycles. The summed E-state index contributed by atoms with van der Waals surface area (Å²) in [4.78, 5) is 16.8. The van der Waals surface area contributed by atoms with Crippen LogP contribution in [-0.4, -0.2) is 19.9 Å². The number of hydrogen-bond acceptors (Lipinski definition) is 4. The van der Waals surface area contributed by atoms with E-state index in [0.29, 0.717) is 44.9 Å². The van der Waals surface area contributed by atoms with E-state index in [1.165, 1.54) is 0 Å². The third kappa shape index (κ3) is 4.44. The van der Waals surface area contributed by atoms with Crippen LogP contribution >= 0.6 is 0 Å². The Morgan fingerprint density at radius 1 is 0.545 bits per heavy atom. The fourth-order valence-electron chi connectivity index (χ4n) is 5.69. The molecule has 6 heteroatoms. The summed E-state index contributed by atoms with van der Waals surface area (Å²) in [6, 6.07) is 28.5. The van der Waals surface area contributed by atoms with E-state index in [2.05, 4.69) is 35.3 Å². The molecule has 44 heavy (non-hydrogen) atoms. The van der Waals surface area contributed by atoms with Crippen LogP contribution in [0.15, 0.2) is 86.0 Å². The zero-order chi connectivity index (χ0) is 30.2. The molecular formula is C38H24N6. The van der Waals surface area contributed by atoms with Gasteiger partial charge in [-0.2, -0.15) is 10.5 Å². The van der Waals surface area contributed by atoms with Gasteiger partial charge >= 0.3 is 0 Å². The first-order valence-corrected chi connectivity index (χ1v) is 14.0. The predicted octanol–water partition coefficient (Wildman–Crippen LogP) is 9.02. The summed E-state index contributed by atoms with van der Waals surface area (Å²) >= 11 is 0. The molecule has 3 aromatic heterocycles.